The van der Waals surface area contributed by atoms with Gasteiger partial charge in [0.15, 0.2) is 0 Å². The van der Waals surface area contributed by atoms with Gasteiger partial charge in [0.25, 0.3) is 0 Å². The Bertz CT molecular complexity index is 593. The highest BCUT2D eigenvalue weighted by Crippen LogP contribution is 2.24. The van der Waals surface area contributed by atoms with Gasteiger partial charge in [0.1, 0.15) is 5.82 Å². The second kappa shape index (κ2) is 5.03. The molecule has 0 amide bonds. The van der Waals surface area contributed by atoms with Gasteiger partial charge in [0.2, 0.25) is 0 Å². The van der Waals surface area contributed by atoms with E-state index in [1.54, 1.807) is 31.3 Å². The number of nitrogens with zero attached hydrogens (tertiary/aromatic N) is 3. The molecule has 1 unspecified atom stereocenters. The molecule has 0 fully saturated rings. The zero-order chi connectivity index (χ0) is 13.1. The van der Waals surface area contributed by atoms with Gasteiger partial charge in [-0.05, 0) is 19.1 Å². The van der Waals surface area contributed by atoms with E-state index in [0.29, 0.717) is 5.56 Å². The molecule has 18 heavy (non-hydrogen) atoms. The summed E-state index contributed by atoms with van der Waals surface area (Å²) in [5.74, 6) is 0.909. The van der Waals surface area contributed by atoms with Crippen molar-refractivity contribution >= 4 is 0 Å². The van der Waals surface area contributed by atoms with E-state index in [9.17, 15) is 5.11 Å². The molecule has 1 N–H and O–H groups in total. The first kappa shape index (κ1) is 12.3. The van der Waals surface area contributed by atoms with Crippen molar-refractivity contribution in [2.24, 2.45) is 0 Å². The quantitative estimate of drug-likeness (QED) is 0.897. The lowest BCUT2D eigenvalue weighted by Gasteiger charge is -2.15. The lowest BCUT2D eigenvalue weighted by Crippen LogP contribution is -2.05. The first-order valence-corrected chi connectivity index (χ1v) is 5.92. The summed E-state index contributed by atoms with van der Waals surface area (Å²) in [7, 11) is 0. The Morgan fingerprint density at radius 1 is 1.50 bits per heavy atom. The van der Waals surface area contributed by atoms with E-state index < -0.39 is 6.10 Å². The van der Waals surface area contributed by atoms with Crippen LogP contribution in [0, 0.1) is 11.3 Å². The second-order valence-corrected chi connectivity index (χ2v) is 4.13. The maximum Gasteiger partial charge on any atom is 0.112 e. The smallest absolute Gasteiger partial charge is 0.112 e. The molecule has 0 radical (unpaired) electrons. The van der Waals surface area contributed by atoms with Crippen molar-refractivity contribution in [1.82, 2.24) is 9.55 Å². The van der Waals surface area contributed by atoms with Crippen molar-refractivity contribution in [3.05, 3.63) is 47.5 Å². The van der Waals surface area contributed by atoms with Gasteiger partial charge < -0.3 is 9.67 Å². The van der Waals surface area contributed by atoms with E-state index in [1.165, 1.54) is 0 Å². The molecule has 1 aromatic carbocycles. The number of aromatic nitrogens is 2. The predicted octanol–water partition coefficient (Wildman–Crippen LogP) is 2.36. The van der Waals surface area contributed by atoms with E-state index in [4.69, 9.17) is 5.26 Å². The molecule has 1 aromatic heterocycles. The molecular formula is C14H15N3O. The molecule has 0 bridgehead atoms. The van der Waals surface area contributed by atoms with Crippen LogP contribution in [0.4, 0.5) is 0 Å². The number of imidazole rings is 1. The van der Waals surface area contributed by atoms with Gasteiger partial charge in [0.05, 0.1) is 23.4 Å². The maximum atomic E-state index is 9.81. The van der Waals surface area contributed by atoms with Crippen LogP contribution in [0.15, 0.2) is 30.6 Å². The number of nitriles is 1. The predicted molar refractivity (Wildman–Crippen MR) is 68.3 cm³/mol. The summed E-state index contributed by atoms with van der Waals surface area (Å²) in [5.41, 5.74) is 2.19. The molecule has 0 saturated carbocycles. The summed E-state index contributed by atoms with van der Waals surface area (Å²) in [5, 5.41) is 18.8. The van der Waals surface area contributed by atoms with Crippen LogP contribution in [0.25, 0.3) is 5.69 Å². The molecule has 2 aromatic rings. The van der Waals surface area contributed by atoms with Crippen LogP contribution in [0.5, 0.6) is 0 Å². The maximum absolute atomic E-state index is 9.81. The van der Waals surface area contributed by atoms with Crippen LogP contribution >= 0.6 is 0 Å². The number of benzene rings is 1. The fourth-order valence-electron chi connectivity index (χ4n) is 1.99. The Hall–Kier alpha value is -2.12. The second-order valence-electron chi connectivity index (χ2n) is 4.13. The number of rotatable bonds is 3. The summed E-state index contributed by atoms with van der Waals surface area (Å²) < 4.78 is 1.92. The van der Waals surface area contributed by atoms with Crippen LogP contribution in [0.3, 0.4) is 0 Å². The third-order valence-corrected chi connectivity index (χ3v) is 2.90. The van der Waals surface area contributed by atoms with E-state index in [0.717, 1.165) is 23.5 Å². The molecule has 92 valence electrons. The van der Waals surface area contributed by atoms with Gasteiger partial charge in [-0.15, -0.1) is 0 Å². The van der Waals surface area contributed by atoms with E-state index in [1.807, 2.05) is 17.7 Å². The molecule has 4 nitrogen and oxygen atoms in total. The minimum Gasteiger partial charge on any atom is -0.389 e. The molecule has 0 aliphatic heterocycles. The summed E-state index contributed by atoms with van der Waals surface area (Å²) in [6.07, 6.45) is 3.79. The van der Waals surface area contributed by atoms with Crippen LogP contribution in [0.1, 0.15) is 36.9 Å². The third-order valence-electron chi connectivity index (χ3n) is 2.90. The molecule has 1 atom stereocenters. The van der Waals surface area contributed by atoms with Crippen LogP contribution in [0.2, 0.25) is 0 Å². The molecule has 0 spiro atoms. The molecule has 2 rings (SSSR count). The van der Waals surface area contributed by atoms with Crippen molar-refractivity contribution in [2.75, 3.05) is 0 Å². The lowest BCUT2D eigenvalue weighted by molar-refractivity contribution is 0.199. The average molecular weight is 241 g/mol. The first-order valence-electron chi connectivity index (χ1n) is 5.92. The first-order chi connectivity index (χ1) is 8.67. The Kier molecular flexibility index (Phi) is 3.45. The molecule has 0 aliphatic carbocycles. The van der Waals surface area contributed by atoms with Crippen molar-refractivity contribution in [1.29, 1.82) is 5.26 Å². The van der Waals surface area contributed by atoms with Gasteiger partial charge in [-0.2, -0.15) is 5.26 Å². The summed E-state index contributed by atoms with van der Waals surface area (Å²) in [4.78, 5) is 4.27. The van der Waals surface area contributed by atoms with Gasteiger partial charge in [-0.25, -0.2) is 4.98 Å². The third kappa shape index (κ3) is 2.13. The van der Waals surface area contributed by atoms with Crippen molar-refractivity contribution < 1.29 is 5.11 Å². The molecule has 4 heteroatoms. The molecule has 0 aliphatic rings. The molecule has 0 saturated heterocycles. The number of hydrogen-bond donors (Lipinski definition) is 1. The number of aliphatic hydroxyl groups is 1. The lowest BCUT2D eigenvalue weighted by atomic mass is 10.1. The fraction of sp³-hybridized carbons (Fsp3) is 0.286. The minimum atomic E-state index is -0.583. The van der Waals surface area contributed by atoms with Crippen molar-refractivity contribution in [2.45, 2.75) is 26.4 Å². The summed E-state index contributed by atoms with van der Waals surface area (Å²) in [6.45, 7) is 3.74. The van der Waals surface area contributed by atoms with Crippen LogP contribution in [-0.2, 0) is 6.42 Å². The standard InChI is InChI=1S/C14H15N3O/c1-3-14-16-6-7-17(14)13-8-11(9-15)4-5-12(13)10(2)18/h4-8,10,18H,3H2,1-2H3. The zero-order valence-electron chi connectivity index (χ0n) is 10.5. The van der Waals surface area contributed by atoms with Crippen LogP contribution < -0.4 is 0 Å². The van der Waals surface area contributed by atoms with Gasteiger partial charge >= 0.3 is 0 Å². The number of hydrogen-bond acceptors (Lipinski definition) is 3. The number of aliphatic hydroxyl groups excluding tert-OH is 1. The summed E-state index contributed by atoms with van der Waals surface area (Å²) in [6, 6.07) is 7.40. The van der Waals surface area contributed by atoms with E-state index in [-0.39, 0.29) is 0 Å². The van der Waals surface area contributed by atoms with Crippen molar-refractivity contribution in [3.8, 4) is 11.8 Å². The van der Waals surface area contributed by atoms with Gasteiger partial charge in [0, 0.05) is 24.4 Å². The highest BCUT2D eigenvalue weighted by Gasteiger charge is 2.12. The fourth-order valence-corrected chi connectivity index (χ4v) is 1.99. The monoisotopic (exact) mass is 241 g/mol. The van der Waals surface area contributed by atoms with Crippen molar-refractivity contribution in [3.63, 3.8) is 0 Å². The zero-order valence-corrected chi connectivity index (χ0v) is 10.5. The minimum absolute atomic E-state index is 0.574. The van der Waals surface area contributed by atoms with E-state index >= 15 is 0 Å². The van der Waals surface area contributed by atoms with Crippen LogP contribution in [-0.4, -0.2) is 14.7 Å². The van der Waals surface area contributed by atoms with E-state index in [2.05, 4.69) is 11.1 Å². The SMILES string of the molecule is CCc1nccn1-c1cc(C#N)ccc1C(C)O. The number of aryl methyl sites for hydroxylation is 1. The summed E-state index contributed by atoms with van der Waals surface area (Å²) >= 11 is 0. The highest BCUT2D eigenvalue weighted by molar-refractivity contribution is 5.49. The Morgan fingerprint density at radius 3 is 2.89 bits per heavy atom. The molecular weight excluding hydrogens is 226 g/mol. The Morgan fingerprint density at radius 2 is 2.28 bits per heavy atom. The van der Waals surface area contributed by atoms with Gasteiger partial charge in [-0.1, -0.05) is 13.0 Å². The topological polar surface area (TPSA) is 61.8 Å². The normalized spacial score (nSPS) is 12.1. The highest BCUT2D eigenvalue weighted by atomic mass is 16.3. The molecule has 1 heterocycles. The Labute approximate surface area is 106 Å². The largest absolute Gasteiger partial charge is 0.389 e. The Balaban J connectivity index is 2.64. The average Bonchev–Trinajstić information content (AvgIpc) is 2.85. The van der Waals surface area contributed by atoms with Gasteiger partial charge in [-0.3, -0.25) is 0 Å².